The molecule has 5 heteroatoms. The van der Waals surface area contributed by atoms with Crippen molar-refractivity contribution in [3.63, 3.8) is 0 Å². The molecule has 1 aromatic heterocycles. The van der Waals surface area contributed by atoms with Crippen LogP contribution in [0, 0.1) is 0 Å². The summed E-state index contributed by atoms with van der Waals surface area (Å²) >= 11 is 3.21. The number of rotatable bonds is 3. The zero-order valence-corrected chi connectivity index (χ0v) is 12.8. The largest absolute Gasteiger partial charge is 0.335 e. The van der Waals surface area contributed by atoms with Gasteiger partial charge in [-0.1, -0.05) is 42.5 Å². The lowest BCUT2D eigenvalue weighted by molar-refractivity contribution is -0.0815. The SMILES string of the molecule is c1ccc(C2(Sc3nc4ccccc4s3)OCCO2)cc1. The van der Waals surface area contributed by atoms with Gasteiger partial charge in [-0.15, -0.1) is 11.3 Å². The second kappa shape index (κ2) is 5.42. The first-order valence-corrected chi connectivity index (χ1v) is 8.37. The van der Waals surface area contributed by atoms with Gasteiger partial charge >= 0.3 is 0 Å². The van der Waals surface area contributed by atoms with Crippen molar-refractivity contribution < 1.29 is 9.47 Å². The van der Waals surface area contributed by atoms with Crippen molar-refractivity contribution in [2.75, 3.05) is 13.2 Å². The van der Waals surface area contributed by atoms with Gasteiger partial charge in [0.2, 0.25) is 0 Å². The van der Waals surface area contributed by atoms with Gasteiger partial charge < -0.3 is 9.47 Å². The summed E-state index contributed by atoms with van der Waals surface area (Å²) in [6.07, 6.45) is 0. The molecule has 106 valence electrons. The average Bonchev–Trinajstić information content (AvgIpc) is 3.15. The molecule has 21 heavy (non-hydrogen) atoms. The van der Waals surface area contributed by atoms with Crippen LogP contribution in [0.4, 0.5) is 0 Å². The van der Waals surface area contributed by atoms with E-state index in [0.717, 1.165) is 15.4 Å². The highest BCUT2D eigenvalue weighted by Gasteiger charge is 2.41. The fourth-order valence-corrected chi connectivity index (χ4v) is 4.70. The van der Waals surface area contributed by atoms with E-state index in [9.17, 15) is 0 Å². The lowest BCUT2D eigenvalue weighted by Gasteiger charge is -2.25. The van der Waals surface area contributed by atoms with Crippen LogP contribution < -0.4 is 0 Å². The van der Waals surface area contributed by atoms with E-state index in [0.29, 0.717) is 13.2 Å². The van der Waals surface area contributed by atoms with E-state index in [2.05, 4.69) is 11.1 Å². The van der Waals surface area contributed by atoms with Gasteiger partial charge in [0.1, 0.15) is 0 Å². The number of hydrogen-bond acceptors (Lipinski definition) is 5. The molecule has 0 spiro atoms. The minimum Gasteiger partial charge on any atom is -0.335 e. The fraction of sp³-hybridized carbons (Fsp3) is 0.188. The number of benzene rings is 2. The first-order valence-electron chi connectivity index (χ1n) is 6.74. The van der Waals surface area contributed by atoms with E-state index in [1.807, 2.05) is 48.5 Å². The molecule has 0 N–H and O–H groups in total. The van der Waals surface area contributed by atoms with Gasteiger partial charge in [-0.3, -0.25) is 0 Å². The van der Waals surface area contributed by atoms with Crippen molar-refractivity contribution in [1.29, 1.82) is 0 Å². The Hall–Kier alpha value is -1.40. The predicted molar refractivity (Wildman–Crippen MR) is 85.5 cm³/mol. The first kappa shape index (κ1) is 13.3. The summed E-state index contributed by atoms with van der Waals surface area (Å²) in [7, 11) is 0. The molecular formula is C16H13NO2S2. The number of nitrogens with zero attached hydrogens (tertiary/aromatic N) is 1. The van der Waals surface area contributed by atoms with E-state index in [1.165, 1.54) is 4.70 Å². The van der Waals surface area contributed by atoms with Crippen molar-refractivity contribution in [3.8, 4) is 0 Å². The van der Waals surface area contributed by atoms with Crippen LogP contribution in [0.25, 0.3) is 10.2 Å². The Kier molecular flexibility index (Phi) is 3.43. The molecular weight excluding hydrogens is 302 g/mol. The lowest BCUT2D eigenvalue weighted by Crippen LogP contribution is -2.22. The third kappa shape index (κ3) is 2.46. The number of thiazole rings is 1. The smallest absolute Gasteiger partial charge is 0.252 e. The highest BCUT2D eigenvalue weighted by atomic mass is 32.2. The standard InChI is InChI=1S/C16H13NO2S2/c1-2-6-12(7-3-1)16(18-10-11-19-16)21-15-17-13-8-4-5-9-14(13)20-15/h1-9H,10-11H2. The van der Waals surface area contributed by atoms with Gasteiger partial charge in [0.25, 0.3) is 5.12 Å². The molecule has 0 radical (unpaired) electrons. The van der Waals surface area contributed by atoms with Crippen molar-refractivity contribution in [3.05, 3.63) is 60.2 Å². The maximum absolute atomic E-state index is 5.93. The Balaban J connectivity index is 1.72. The number of thioether (sulfide) groups is 1. The number of fused-ring (bicyclic) bond motifs is 1. The predicted octanol–water partition coefficient (Wildman–Crippen LogP) is 4.25. The fourth-order valence-electron chi connectivity index (χ4n) is 2.33. The number of aromatic nitrogens is 1. The molecule has 2 heterocycles. The first-order chi connectivity index (χ1) is 10.4. The van der Waals surface area contributed by atoms with E-state index in [1.54, 1.807) is 23.1 Å². The summed E-state index contributed by atoms with van der Waals surface area (Å²) in [5.74, 6) is 0. The van der Waals surface area contributed by atoms with Crippen LogP contribution in [-0.4, -0.2) is 18.2 Å². The summed E-state index contributed by atoms with van der Waals surface area (Å²) in [6, 6.07) is 18.2. The summed E-state index contributed by atoms with van der Waals surface area (Å²) in [4.78, 5) is 4.67. The molecule has 0 bridgehead atoms. The molecule has 4 rings (SSSR count). The summed E-state index contributed by atoms with van der Waals surface area (Å²) in [5, 5.41) is -0.769. The zero-order valence-electron chi connectivity index (χ0n) is 11.2. The summed E-state index contributed by atoms with van der Waals surface area (Å²) in [5.41, 5.74) is 2.04. The van der Waals surface area contributed by atoms with Crippen LogP contribution in [0.5, 0.6) is 0 Å². The highest BCUT2D eigenvalue weighted by Crippen LogP contribution is 2.47. The highest BCUT2D eigenvalue weighted by molar-refractivity contribution is 8.01. The van der Waals surface area contributed by atoms with E-state index >= 15 is 0 Å². The van der Waals surface area contributed by atoms with Crippen LogP contribution in [0.15, 0.2) is 58.9 Å². The minimum absolute atomic E-state index is 0.604. The molecule has 0 saturated carbocycles. The molecule has 0 unspecified atom stereocenters. The van der Waals surface area contributed by atoms with Gasteiger partial charge in [-0.25, -0.2) is 4.98 Å². The quantitative estimate of drug-likeness (QED) is 0.723. The molecule has 3 aromatic rings. The minimum atomic E-state index is -0.769. The van der Waals surface area contributed by atoms with Gasteiger partial charge in [-0.05, 0) is 23.9 Å². The van der Waals surface area contributed by atoms with Gasteiger partial charge in [0.05, 0.1) is 23.4 Å². The van der Waals surface area contributed by atoms with Crippen molar-refractivity contribution in [2.24, 2.45) is 0 Å². The van der Waals surface area contributed by atoms with E-state index in [-0.39, 0.29) is 0 Å². The Bertz CT molecular complexity index is 718. The number of ether oxygens (including phenoxy) is 2. The number of para-hydroxylation sites is 1. The number of hydrogen-bond donors (Lipinski definition) is 0. The zero-order chi connectivity index (χ0) is 14.1. The molecule has 2 aromatic carbocycles. The third-order valence-corrected chi connectivity index (χ3v) is 5.63. The van der Waals surface area contributed by atoms with E-state index < -0.39 is 5.12 Å². The topological polar surface area (TPSA) is 31.4 Å². The van der Waals surface area contributed by atoms with Gasteiger partial charge in [0, 0.05) is 5.56 Å². The van der Waals surface area contributed by atoms with Gasteiger partial charge in [0.15, 0.2) is 4.34 Å². The molecule has 1 aliphatic rings. The Morgan fingerprint density at radius 1 is 0.952 bits per heavy atom. The van der Waals surface area contributed by atoms with Crippen LogP contribution in [0.3, 0.4) is 0 Å². The van der Waals surface area contributed by atoms with Crippen molar-refractivity contribution in [1.82, 2.24) is 4.98 Å². The summed E-state index contributed by atoms with van der Waals surface area (Å²) in [6.45, 7) is 1.21. The van der Waals surface area contributed by atoms with Crippen LogP contribution >= 0.6 is 23.1 Å². The second-order valence-electron chi connectivity index (χ2n) is 4.67. The Labute approximate surface area is 130 Å². The normalized spacial score (nSPS) is 17.3. The summed E-state index contributed by atoms with van der Waals surface area (Å²) < 4.78 is 14.0. The molecule has 0 atom stereocenters. The molecule has 3 nitrogen and oxygen atoms in total. The Morgan fingerprint density at radius 3 is 2.43 bits per heavy atom. The van der Waals surface area contributed by atoms with Gasteiger partial charge in [-0.2, -0.15) is 0 Å². The van der Waals surface area contributed by atoms with Crippen molar-refractivity contribution in [2.45, 2.75) is 9.46 Å². The molecule has 1 aliphatic heterocycles. The average molecular weight is 315 g/mol. The molecule has 0 aliphatic carbocycles. The van der Waals surface area contributed by atoms with Crippen LogP contribution in [0.1, 0.15) is 5.56 Å². The monoisotopic (exact) mass is 315 g/mol. The van der Waals surface area contributed by atoms with Crippen LogP contribution in [-0.2, 0) is 14.6 Å². The maximum atomic E-state index is 5.93. The second-order valence-corrected chi connectivity index (χ2v) is 7.09. The lowest BCUT2D eigenvalue weighted by atomic mass is 10.2. The van der Waals surface area contributed by atoms with Crippen molar-refractivity contribution >= 4 is 33.3 Å². The maximum Gasteiger partial charge on any atom is 0.252 e. The molecule has 1 fully saturated rings. The third-order valence-electron chi connectivity index (χ3n) is 3.29. The van der Waals surface area contributed by atoms with Crippen LogP contribution in [0.2, 0.25) is 0 Å². The molecule has 0 amide bonds. The Morgan fingerprint density at radius 2 is 1.67 bits per heavy atom. The molecule has 1 saturated heterocycles. The van der Waals surface area contributed by atoms with E-state index in [4.69, 9.17) is 9.47 Å².